The third-order valence-electron chi connectivity index (χ3n) is 3.52. The smallest absolute Gasteiger partial charge is 0.107 e. The molecule has 0 aliphatic heterocycles. The number of hydrogen-bond acceptors (Lipinski definition) is 2. The van der Waals surface area contributed by atoms with Crippen LogP contribution in [0.1, 0.15) is 31.7 Å². The highest BCUT2D eigenvalue weighted by atomic mass is 32.2. The van der Waals surface area contributed by atoms with Gasteiger partial charge in [-0.25, -0.2) is 4.39 Å². The van der Waals surface area contributed by atoms with Crippen molar-refractivity contribution >= 4 is 17.4 Å². The molecule has 1 aliphatic rings. The van der Waals surface area contributed by atoms with E-state index in [2.05, 4.69) is 48.0 Å². The molecule has 112 valence electrons. The van der Waals surface area contributed by atoms with Gasteiger partial charge >= 0.3 is 0 Å². The Hall–Kier alpha value is -1.48. The minimum absolute atomic E-state index is 0.343. The molecule has 0 saturated carbocycles. The van der Waals surface area contributed by atoms with Gasteiger partial charge in [0, 0.05) is 23.1 Å². The Labute approximate surface area is 131 Å². The first-order valence-corrected chi connectivity index (χ1v) is 8.18. The van der Waals surface area contributed by atoms with Gasteiger partial charge in [0.25, 0.3) is 0 Å². The van der Waals surface area contributed by atoms with Crippen LogP contribution in [0.3, 0.4) is 0 Å². The van der Waals surface area contributed by atoms with E-state index in [-0.39, 0.29) is 6.67 Å². The highest BCUT2D eigenvalue weighted by Gasteiger charge is 2.15. The van der Waals surface area contributed by atoms with Crippen molar-refractivity contribution in [1.29, 1.82) is 0 Å². The molecule has 1 unspecified atom stereocenters. The molecule has 0 saturated heterocycles. The van der Waals surface area contributed by atoms with Gasteiger partial charge in [-0.3, -0.25) is 0 Å². The molecule has 1 N–H and O–H groups in total. The van der Waals surface area contributed by atoms with Gasteiger partial charge in [-0.2, -0.15) is 0 Å². The molecule has 21 heavy (non-hydrogen) atoms. The fourth-order valence-corrected chi connectivity index (χ4v) is 3.12. The number of halogens is 1. The number of hydrogen-bond donors (Lipinski definition) is 1. The van der Waals surface area contributed by atoms with Crippen LogP contribution in [0.25, 0.3) is 0 Å². The molecule has 1 nitrogen and oxygen atoms in total. The first-order chi connectivity index (χ1) is 10.2. The number of benzene rings is 1. The summed E-state index contributed by atoms with van der Waals surface area (Å²) >= 11 is 1.78. The predicted molar refractivity (Wildman–Crippen MR) is 92.5 cm³/mol. The van der Waals surface area contributed by atoms with Crippen LogP contribution >= 0.6 is 11.8 Å². The van der Waals surface area contributed by atoms with Crippen molar-refractivity contribution in [3.05, 3.63) is 63.9 Å². The van der Waals surface area contributed by atoms with Crippen LogP contribution in [0.15, 0.2) is 58.4 Å². The molecule has 1 atom stereocenters. The van der Waals surface area contributed by atoms with Gasteiger partial charge < -0.3 is 5.32 Å². The molecule has 0 radical (unpaired) electrons. The maximum atomic E-state index is 12.1. The third-order valence-corrected chi connectivity index (χ3v) is 4.67. The zero-order valence-electron chi connectivity index (χ0n) is 12.6. The first-order valence-electron chi connectivity index (χ1n) is 7.30. The molecule has 3 heteroatoms. The van der Waals surface area contributed by atoms with Crippen molar-refractivity contribution in [2.45, 2.75) is 26.2 Å². The summed E-state index contributed by atoms with van der Waals surface area (Å²) in [6.07, 6.45) is 7.63. The van der Waals surface area contributed by atoms with E-state index in [1.165, 1.54) is 16.0 Å². The fourth-order valence-electron chi connectivity index (χ4n) is 2.39. The molecular weight excluding hydrogens is 281 g/mol. The molecule has 0 heterocycles. The van der Waals surface area contributed by atoms with Crippen molar-refractivity contribution < 1.29 is 4.39 Å². The number of alkyl halides is 1. The Morgan fingerprint density at radius 2 is 2.10 bits per heavy atom. The summed E-state index contributed by atoms with van der Waals surface area (Å²) in [6, 6.07) is 8.32. The first kappa shape index (κ1) is 15.9. The van der Waals surface area contributed by atoms with Crippen LogP contribution < -0.4 is 5.32 Å². The Morgan fingerprint density at radius 1 is 1.33 bits per heavy atom. The van der Waals surface area contributed by atoms with Crippen molar-refractivity contribution in [2.75, 3.05) is 18.5 Å². The van der Waals surface area contributed by atoms with Gasteiger partial charge in [-0.05, 0) is 43.4 Å². The number of rotatable bonds is 6. The SMILES string of the molecule is C/C=C/SC1=C(C)CC(c2ccc(NCCF)cc2)C=C1. The average molecular weight is 303 g/mol. The zero-order chi connectivity index (χ0) is 15.1. The second kappa shape index (κ2) is 8.08. The van der Waals surface area contributed by atoms with Crippen molar-refractivity contribution in [2.24, 2.45) is 0 Å². The molecule has 2 rings (SSSR count). The summed E-state index contributed by atoms with van der Waals surface area (Å²) in [6.45, 7) is 4.27. The lowest BCUT2D eigenvalue weighted by atomic mass is 9.89. The maximum Gasteiger partial charge on any atom is 0.107 e. The van der Waals surface area contributed by atoms with Crippen LogP contribution in [-0.2, 0) is 0 Å². The number of allylic oxidation sites excluding steroid dienone is 4. The van der Waals surface area contributed by atoms with Gasteiger partial charge in [0.05, 0.1) is 0 Å². The standard InChI is InChI=1S/C18H22FNS/c1-3-12-21-18-9-6-16(13-14(18)2)15-4-7-17(8-5-15)20-11-10-19/h3-9,12,16,20H,10-11,13H2,1-2H3/b12-3+. The number of thioether (sulfide) groups is 1. The molecule has 0 amide bonds. The van der Waals surface area contributed by atoms with Gasteiger partial charge in [0.1, 0.15) is 6.67 Å². The van der Waals surface area contributed by atoms with Gasteiger partial charge in [-0.1, -0.05) is 47.7 Å². The van der Waals surface area contributed by atoms with E-state index in [9.17, 15) is 4.39 Å². The minimum Gasteiger partial charge on any atom is -0.382 e. The van der Waals surface area contributed by atoms with Crippen molar-refractivity contribution in [1.82, 2.24) is 0 Å². The largest absolute Gasteiger partial charge is 0.382 e. The Bertz CT molecular complexity index is 543. The minimum atomic E-state index is -0.343. The van der Waals surface area contributed by atoms with Crippen molar-refractivity contribution in [3.63, 3.8) is 0 Å². The molecule has 0 spiro atoms. The molecule has 0 bridgehead atoms. The van der Waals surface area contributed by atoms with Crippen LogP contribution in [-0.4, -0.2) is 13.2 Å². The summed E-state index contributed by atoms with van der Waals surface area (Å²) in [5, 5.41) is 5.17. The van der Waals surface area contributed by atoms with Crippen LogP contribution in [0.2, 0.25) is 0 Å². The number of anilines is 1. The monoisotopic (exact) mass is 303 g/mol. The normalized spacial score (nSPS) is 18.5. The Balaban J connectivity index is 2.01. The lowest BCUT2D eigenvalue weighted by Crippen LogP contribution is -2.04. The van der Waals surface area contributed by atoms with E-state index >= 15 is 0 Å². The van der Waals surface area contributed by atoms with E-state index in [0.717, 1.165) is 12.1 Å². The lowest BCUT2D eigenvalue weighted by Gasteiger charge is -2.20. The zero-order valence-corrected chi connectivity index (χ0v) is 13.4. The summed E-state index contributed by atoms with van der Waals surface area (Å²) in [4.78, 5) is 1.35. The van der Waals surface area contributed by atoms with E-state index in [1.54, 1.807) is 11.8 Å². The van der Waals surface area contributed by atoms with Crippen molar-refractivity contribution in [3.8, 4) is 0 Å². The van der Waals surface area contributed by atoms with Gasteiger partial charge in [-0.15, -0.1) is 0 Å². The summed E-state index contributed by atoms with van der Waals surface area (Å²) in [7, 11) is 0. The average Bonchev–Trinajstić information content (AvgIpc) is 2.52. The summed E-state index contributed by atoms with van der Waals surface area (Å²) in [5.41, 5.74) is 3.73. The molecule has 1 aliphatic carbocycles. The maximum absolute atomic E-state index is 12.1. The lowest BCUT2D eigenvalue weighted by molar-refractivity contribution is 0.513. The molecule has 1 aromatic carbocycles. The second-order valence-electron chi connectivity index (χ2n) is 5.14. The topological polar surface area (TPSA) is 12.0 Å². The summed E-state index contributed by atoms with van der Waals surface area (Å²) < 4.78 is 12.1. The summed E-state index contributed by atoms with van der Waals surface area (Å²) in [5.74, 6) is 0.440. The molecule has 0 aromatic heterocycles. The van der Waals surface area contributed by atoms with E-state index in [4.69, 9.17) is 0 Å². The Kier molecular flexibility index (Phi) is 6.12. The molecule has 0 fully saturated rings. The quantitative estimate of drug-likeness (QED) is 0.728. The molecule has 1 aromatic rings. The number of nitrogens with one attached hydrogen (secondary N) is 1. The van der Waals surface area contributed by atoms with Gasteiger partial charge in [0.2, 0.25) is 0 Å². The third kappa shape index (κ3) is 4.50. The highest BCUT2D eigenvalue weighted by Crippen LogP contribution is 2.36. The van der Waals surface area contributed by atoms with Crippen LogP contribution in [0, 0.1) is 0 Å². The fraction of sp³-hybridized carbons (Fsp3) is 0.333. The highest BCUT2D eigenvalue weighted by molar-refractivity contribution is 8.06. The Morgan fingerprint density at radius 3 is 2.71 bits per heavy atom. The van der Waals surface area contributed by atoms with E-state index in [1.807, 2.05) is 19.1 Å². The van der Waals surface area contributed by atoms with E-state index in [0.29, 0.717) is 12.5 Å². The predicted octanol–water partition coefficient (Wildman–Crippen LogP) is 5.65. The van der Waals surface area contributed by atoms with E-state index < -0.39 is 0 Å². The van der Waals surface area contributed by atoms with Gasteiger partial charge in [0.15, 0.2) is 0 Å². The van der Waals surface area contributed by atoms with Crippen LogP contribution in [0.5, 0.6) is 0 Å². The van der Waals surface area contributed by atoms with Crippen LogP contribution in [0.4, 0.5) is 10.1 Å². The molecular formula is C18H22FNS. The second-order valence-corrected chi connectivity index (χ2v) is 6.09.